The average molecular weight is 362 g/mol. The van der Waals surface area contributed by atoms with Gasteiger partial charge in [-0.2, -0.15) is 0 Å². The van der Waals surface area contributed by atoms with Crippen molar-refractivity contribution in [3.8, 4) is 0 Å². The highest BCUT2D eigenvalue weighted by Crippen LogP contribution is 2.11. The smallest absolute Gasteiger partial charge is 0.251 e. The number of nitrogens with zero attached hydrogens (tertiary/aromatic N) is 1. The molecular weight excluding hydrogens is 332 g/mol. The van der Waals surface area contributed by atoms with E-state index in [0.717, 1.165) is 44.6 Å². The van der Waals surface area contributed by atoms with Crippen LogP contribution in [0, 0.1) is 0 Å². The second-order valence-electron chi connectivity index (χ2n) is 6.22. The summed E-state index contributed by atoms with van der Waals surface area (Å²) in [5.41, 5.74) is 7.42. The summed E-state index contributed by atoms with van der Waals surface area (Å²) in [4.78, 5) is 16.6. The minimum Gasteiger partial charge on any atom is -0.382 e. The Morgan fingerprint density at radius 1 is 1.42 bits per heavy atom. The van der Waals surface area contributed by atoms with Crippen molar-refractivity contribution in [2.75, 3.05) is 32.9 Å². The van der Waals surface area contributed by atoms with E-state index in [1.807, 2.05) is 25.1 Å². The van der Waals surface area contributed by atoms with Crippen molar-refractivity contribution in [3.05, 3.63) is 35.4 Å². The van der Waals surface area contributed by atoms with Crippen molar-refractivity contribution in [3.63, 3.8) is 0 Å². The summed E-state index contributed by atoms with van der Waals surface area (Å²) >= 11 is 0. The number of rotatable bonds is 10. The number of aliphatic imine (C=N–C) groups is 1. The number of guanidine groups is 1. The van der Waals surface area contributed by atoms with Gasteiger partial charge in [-0.15, -0.1) is 0 Å². The number of hydrogen-bond acceptors (Lipinski definition) is 4. The Morgan fingerprint density at radius 3 is 3.08 bits per heavy atom. The molecule has 7 heteroatoms. The van der Waals surface area contributed by atoms with E-state index in [1.165, 1.54) is 0 Å². The first kappa shape index (κ1) is 20.2. The van der Waals surface area contributed by atoms with Gasteiger partial charge in [0, 0.05) is 38.5 Å². The fourth-order valence-corrected chi connectivity index (χ4v) is 2.69. The standard InChI is InChI=1S/C19H30N4O3/c1-2-25-10-5-9-21-19(20)23-13-15-6-3-7-16(12-15)18(24)22-14-17-8-4-11-26-17/h3,6-7,12,17H,2,4-5,8-11,13-14H2,1H3,(H,22,24)(H3,20,21,23). The summed E-state index contributed by atoms with van der Waals surface area (Å²) in [6, 6.07) is 7.43. The highest BCUT2D eigenvalue weighted by molar-refractivity contribution is 5.94. The number of amides is 1. The third-order valence-corrected chi connectivity index (χ3v) is 4.11. The maximum Gasteiger partial charge on any atom is 0.251 e. The molecule has 7 nitrogen and oxygen atoms in total. The molecule has 1 unspecified atom stereocenters. The van der Waals surface area contributed by atoms with Gasteiger partial charge in [-0.1, -0.05) is 12.1 Å². The SMILES string of the molecule is CCOCCCNC(N)=NCc1cccc(C(=O)NCC2CCCO2)c1. The molecule has 2 rings (SSSR count). The van der Waals surface area contributed by atoms with Gasteiger partial charge < -0.3 is 25.8 Å². The van der Waals surface area contributed by atoms with Gasteiger partial charge in [0.25, 0.3) is 5.91 Å². The minimum absolute atomic E-state index is 0.0895. The summed E-state index contributed by atoms with van der Waals surface area (Å²) in [6.07, 6.45) is 3.09. The summed E-state index contributed by atoms with van der Waals surface area (Å²) in [5, 5.41) is 5.98. The molecule has 0 saturated carbocycles. The van der Waals surface area contributed by atoms with Crippen LogP contribution in [0.5, 0.6) is 0 Å². The molecule has 1 fully saturated rings. The lowest BCUT2D eigenvalue weighted by molar-refractivity contribution is 0.0857. The Morgan fingerprint density at radius 2 is 2.31 bits per heavy atom. The van der Waals surface area contributed by atoms with Crippen LogP contribution in [0.4, 0.5) is 0 Å². The van der Waals surface area contributed by atoms with Crippen LogP contribution in [0.15, 0.2) is 29.3 Å². The van der Waals surface area contributed by atoms with Crippen LogP contribution in [-0.2, 0) is 16.0 Å². The van der Waals surface area contributed by atoms with Gasteiger partial charge in [0.1, 0.15) is 0 Å². The van der Waals surface area contributed by atoms with E-state index in [1.54, 1.807) is 6.07 Å². The van der Waals surface area contributed by atoms with Crippen molar-refractivity contribution in [2.24, 2.45) is 10.7 Å². The number of hydrogen-bond donors (Lipinski definition) is 3. The van der Waals surface area contributed by atoms with Gasteiger partial charge >= 0.3 is 0 Å². The fourth-order valence-electron chi connectivity index (χ4n) is 2.69. The third-order valence-electron chi connectivity index (χ3n) is 4.11. The Kier molecular flexibility index (Phi) is 8.92. The molecule has 1 saturated heterocycles. The molecule has 1 aromatic rings. The number of carbonyl (C=O) groups is 1. The monoisotopic (exact) mass is 362 g/mol. The summed E-state index contributed by atoms with van der Waals surface area (Å²) < 4.78 is 10.8. The van der Waals surface area contributed by atoms with Crippen LogP contribution < -0.4 is 16.4 Å². The molecule has 4 N–H and O–H groups in total. The lowest BCUT2D eigenvalue weighted by atomic mass is 10.1. The van der Waals surface area contributed by atoms with Gasteiger partial charge in [-0.05, 0) is 43.9 Å². The van der Waals surface area contributed by atoms with E-state index >= 15 is 0 Å². The van der Waals surface area contributed by atoms with E-state index in [9.17, 15) is 4.79 Å². The molecule has 1 amide bonds. The van der Waals surface area contributed by atoms with Gasteiger partial charge in [-0.25, -0.2) is 4.99 Å². The molecule has 1 aliphatic rings. The van der Waals surface area contributed by atoms with Gasteiger partial charge in [-0.3, -0.25) is 4.79 Å². The molecule has 0 bridgehead atoms. The number of nitrogens with one attached hydrogen (secondary N) is 2. The zero-order valence-corrected chi connectivity index (χ0v) is 15.5. The molecule has 1 atom stereocenters. The van der Waals surface area contributed by atoms with Crippen LogP contribution in [0.3, 0.4) is 0 Å². The van der Waals surface area contributed by atoms with E-state index in [4.69, 9.17) is 15.2 Å². The lowest BCUT2D eigenvalue weighted by Gasteiger charge is -2.11. The molecule has 0 radical (unpaired) electrons. The second kappa shape index (κ2) is 11.5. The number of nitrogens with two attached hydrogens (primary N) is 1. The largest absolute Gasteiger partial charge is 0.382 e. The van der Waals surface area contributed by atoms with E-state index in [-0.39, 0.29) is 12.0 Å². The number of carbonyl (C=O) groups excluding carboxylic acids is 1. The maximum absolute atomic E-state index is 12.3. The van der Waals surface area contributed by atoms with Gasteiger partial charge in [0.15, 0.2) is 5.96 Å². The Hall–Kier alpha value is -2.12. The van der Waals surface area contributed by atoms with E-state index < -0.39 is 0 Å². The third kappa shape index (κ3) is 7.41. The first-order chi connectivity index (χ1) is 12.7. The van der Waals surface area contributed by atoms with E-state index in [0.29, 0.717) is 31.2 Å². The first-order valence-corrected chi connectivity index (χ1v) is 9.29. The maximum atomic E-state index is 12.3. The topological polar surface area (TPSA) is 98.0 Å². The van der Waals surface area contributed by atoms with Gasteiger partial charge in [0.2, 0.25) is 0 Å². The molecule has 1 aliphatic heterocycles. The average Bonchev–Trinajstić information content (AvgIpc) is 3.18. The normalized spacial score (nSPS) is 17.3. The van der Waals surface area contributed by atoms with Crippen molar-refractivity contribution in [2.45, 2.75) is 38.8 Å². The van der Waals surface area contributed by atoms with Crippen LogP contribution in [-0.4, -0.2) is 50.9 Å². The first-order valence-electron chi connectivity index (χ1n) is 9.29. The zero-order valence-electron chi connectivity index (χ0n) is 15.5. The second-order valence-corrected chi connectivity index (χ2v) is 6.22. The summed E-state index contributed by atoms with van der Waals surface area (Å²) in [7, 11) is 0. The molecular formula is C19H30N4O3. The lowest BCUT2D eigenvalue weighted by Crippen LogP contribution is -2.33. The van der Waals surface area contributed by atoms with Crippen molar-refractivity contribution < 1.29 is 14.3 Å². The van der Waals surface area contributed by atoms with E-state index in [2.05, 4.69) is 15.6 Å². The van der Waals surface area contributed by atoms with Crippen LogP contribution >= 0.6 is 0 Å². The predicted molar refractivity (Wildman–Crippen MR) is 102 cm³/mol. The Balaban J connectivity index is 1.76. The molecule has 144 valence electrons. The zero-order chi connectivity index (χ0) is 18.6. The molecule has 1 heterocycles. The Labute approximate surface area is 155 Å². The predicted octanol–water partition coefficient (Wildman–Crippen LogP) is 1.43. The Bertz CT molecular complexity index is 586. The molecule has 26 heavy (non-hydrogen) atoms. The molecule has 1 aromatic carbocycles. The minimum atomic E-state index is -0.0895. The highest BCUT2D eigenvalue weighted by atomic mass is 16.5. The number of ether oxygens (including phenoxy) is 2. The highest BCUT2D eigenvalue weighted by Gasteiger charge is 2.16. The molecule has 0 aliphatic carbocycles. The molecule has 0 aromatic heterocycles. The van der Waals surface area contributed by atoms with Crippen molar-refractivity contribution in [1.82, 2.24) is 10.6 Å². The van der Waals surface area contributed by atoms with Crippen LogP contribution in [0.1, 0.15) is 42.1 Å². The van der Waals surface area contributed by atoms with Crippen LogP contribution in [0.25, 0.3) is 0 Å². The fraction of sp³-hybridized carbons (Fsp3) is 0.579. The quantitative estimate of drug-likeness (QED) is 0.332. The molecule has 0 spiro atoms. The summed E-state index contributed by atoms with van der Waals surface area (Å²) in [6.45, 7) is 5.90. The van der Waals surface area contributed by atoms with Crippen molar-refractivity contribution >= 4 is 11.9 Å². The number of benzene rings is 1. The van der Waals surface area contributed by atoms with Gasteiger partial charge in [0.05, 0.1) is 12.6 Å². The summed E-state index contributed by atoms with van der Waals surface area (Å²) in [5.74, 6) is 0.308. The van der Waals surface area contributed by atoms with Crippen molar-refractivity contribution in [1.29, 1.82) is 0 Å². The van der Waals surface area contributed by atoms with Crippen LogP contribution in [0.2, 0.25) is 0 Å².